The van der Waals surface area contributed by atoms with E-state index in [1.165, 1.54) is 5.56 Å². The van der Waals surface area contributed by atoms with Crippen molar-refractivity contribution in [2.45, 2.75) is 33.6 Å². The van der Waals surface area contributed by atoms with Gasteiger partial charge in [0.25, 0.3) is 0 Å². The summed E-state index contributed by atoms with van der Waals surface area (Å²) in [5, 5.41) is 6.67. The second-order valence-corrected chi connectivity index (χ2v) is 4.80. The van der Waals surface area contributed by atoms with Crippen LogP contribution >= 0.6 is 0 Å². The highest BCUT2D eigenvalue weighted by molar-refractivity contribution is 5.64. The summed E-state index contributed by atoms with van der Waals surface area (Å²) in [5.74, 6) is 1.75. The summed E-state index contributed by atoms with van der Waals surface area (Å²) in [6, 6.07) is 8.43. The Balaban J connectivity index is 2.15. The fourth-order valence-corrected chi connectivity index (χ4v) is 1.96. The number of benzene rings is 1. The maximum Gasteiger partial charge on any atom is 0.138 e. The summed E-state index contributed by atoms with van der Waals surface area (Å²) >= 11 is 0. The SMILES string of the molecule is CCCNc1ncnc(Nc2ccc(CC)cc2)c1C. The zero-order valence-corrected chi connectivity index (χ0v) is 12.4. The fourth-order valence-electron chi connectivity index (χ4n) is 1.96. The summed E-state index contributed by atoms with van der Waals surface area (Å²) in [5.41, 5.74) is 3.42. The predicted octanol–water partition coefficient (Wildman–Crippen LogP) is 3.91. The van der Waals surface area contributed by atoms with E-state index in [1.54, 1.807) is 6.33 Å². The lowest BCUT2D eigenvalue weighted by molar-refractivity contribution is 0.960. The lowest BCUT2D eigenvalue weighted by Crippen LogP contribution is -2.06. The van der Waals surface area contributed by atoms with Crippen LogP contribution in [0.2, 0.25) is 0 Å². The zero-order valence-electron chi connectivity index (χ0n) is 12.4. The van der Waals surface area contributed by atoms with Crippen molar-refractivity contribution in [1.29, 1.82) is 0 Å². The van der Waals surface area contributed by atoms with Gasteiger partial charge >= 0.3 is 0 Å². The summed E-state index contributed by atoms with van der Waals surface area (Å²) in [6.07, 6.45) is 3.72. The highest BCUT2D eigenvalue weighted by Gasteiger charge is 2.06. The van der Waals surface area contributed by atoms with Crippen LogP contribution in [-0.4, -0.2) is 16.5 Å². The Hall–Kier alpha value is -2.10. The van der Waals surface area contributed by atoms with Gasteiger partial charge in [-0.25, -0.2) is 9.97 Å². The smallest absolute Gasteiger partial charge is 0.138 e. The molecule has 0 aliphatic carbocycles. The van der Waals surface area contributed by atoms with Crippen molar-refractivity contribution in [2.75, 3.05) is 17.2 Å². The van der Waals surface area contributed by atoms with Gasteiger partial charge in [0.15, 0.2) is 0 Å². The first-order valence-corrected chi connectivity index (χ1v) is 7.16. The second-order valence-electron chi connectivity index (χ2n) is 4.80. The Bertz CT molecular complexity index is 549. The Kier molecular flexibility index (Phi) is 4.93. The monoisotopic (exact) mass is 270 g/mol. The number of anilines is 3. The summed E-state index contributed by atoms with van der Waals surface area (Å²) < 4.78 is 0. The molecule has 0 amide bonds. The van der Waals surface area contributed by atoms with E-state index in [4.69, 9.17) is 0 Å². The van der Waals surface area contributed by atoms with Crippen LogP contribution in [0.15, 0.2) is 30.6 Å². The van der Waals surface area contributed by atoms with Gasteiger partial charge in [-0.1, -0.05) is 26.0 Å². The van der Waals surface area contributed by atoms with Gasteiger partial charge in [-0.2, -0.15) is 0 Å². The number of rotatable bonds is 6. The molecule has 4 heteroatoms. The van der Waals surface area contributed by atoms with E-state index in [0.29, 0.717) is 0 Å². The zero-order chi connectivity index (χ0) is 14.4. The number of aromatic nitrogens is 2. The highest BCUT2D eigenvalue weighted by Crippen LogP contribution is 2.22. The fraction of sp³-hybridized carbons (Fsp3) is 0.375. The molecule has 1 aromatic heterocycles. The molecule has 2 rings (SSSR count). The summed E-state index contributed by atoms with van der Waals surface area (Å²) in [6.45, 7) is 7.24. The molecule has 106 valence electrons. The van der Waals surface area contributed by atoms with Crippen LogP contribution in [0.1, 0.15) is 31.4 Å². The van der Waals surface area contributed by atoms with Crippen molar-refractivity contribution in [1.82, 2.24) is 9.97 Å². The largest absolute Gasteiger partial charge is 0.370 e. The molecule has 2 N–H and O–H groups in total. The number of nitrogens with one attached hydrogen (secondary N) is 2. The van der Waals surface area contributed by atoms with Crippen molar-refractivity contribution in [3.63, 3.8) is 0 Å². The van der Waals surface area contributed by atoms with E-state index in [1.807, 2.05) is 6.92 Å². The van der Waals surface area contributed by atoms with Crippen molar-refractivity contribution >= 4 is 17.3 Å². The Morgan fingerprint density at radius 1 is 1.00 bits per heavy atom. The third-order valence-electron chi connectivity index (χ3n) is 3.25. The first kappa shape index (κ1) is 14.3. The molecule has 0 fully saturated rings. The first-order valence-electron chi connectivity index (χ1n) is 7.16. The average Bonchev–Trinajstić information content (AvgIpc) is 2.49. The normalized spacial score (nSPS) is 10.3. The second kappa shape index (κ2) is 6.89. The maximum atomic E-state index is 4.32. The molecule has 2 aromatic rings. The maximum absolute atomic E-state index is 4.32. The summed E-state index contributed by atoms with van der Waals surface area (Å²) in [7, 11) is 0. The molecule has 20 heavy (non-hydrogen) atoms. The lowest BCUT2D eigenvalue weighted by atomic mass is 10.1. The minimum Gasteiger partial charge on any atom is -0.370 e. The van der Waals surface area contributed by atoms with Crippen LogP contribution < -0.4 is 10.6 Å². The van der Waals surface area contributed by atoms with E-state index in [0.717, 1.165) is 42.3 Å². The van der Waals surface area contributed by atoms with Crippen LogP contribution in [0.3, 0.4) is 0 Å². The van der Waals surface area contributed by atoms with Gasteiger partial charge in [0.1, 0.15) is 18.0 Å². The quantitative estimate of drug-likeness (QED) is 0.835. The molecule has 0 spiro atoms. The molecule has 4 nitrogen and oxygen atoms in total. The van der Waals surface area contributed by atoms with Crippen molar-refractivity contribution in [3.8, 4) is 0 Å². The first-order chi connectivity index (χ1) is 9.74. The minimum atomic E-state index is 0.850. The van der Waals surface area contributed by atoms with E-state index in [9.17, 15) is 0 Å². The predicted molar refractivity (Wildman–Crippen MR) is 84.7 cm³/mol. The molecule has 1 heterocycles. The van der Waals surface area contributed by atoms with Gasteiger partial charge in [0.05, 0.1) is 0 Å². The van der Waals surface area contributed by atoms with Gasteiger partial charge in [-0.15, -0.1) is 0 Å². The third kappa shape index (κ3) is 3.47. The summed E-state index contributed by atoms with van der Waals surface area (Å²) in [4.78, 5) is 8.61. The van der Waals surface area contributed by atoms with Crippen molar-refractivity contribution in [3.05, 3.63) is 41.7 Å². The Morgan fingerprint density at radius 2 is 1.70 bits per heavy atom. The topological polar surface area (TPSA) is 49.8 Å². The van der Waals surface area contributed by atoms with E-state index >= 15 is 0 Å². The van der Waals surface area contributed by atoms with Crippen LogP contribution in [0, 0.1) is 6.92 Å². The molecule has 0 unspecified atom stereocenters. The van der Waals surface area contributed by atoms with Gasteiger partial charge in [-0.05, 0) is 37.5 Å². The van der Waals surface area contributed by atoms with Gasteiger partial charge in [-0.3, -0.25) is 0 Å². The molecular formula is C16H22N4. The molecule has 0 bridgehead atoms. The third-order valence-corrected chi connectivity index (χ3v) is 3.25. The molecule has 0 aliphatic heterocycles. The van der Waals surface area contributed by atoms with Crippen LogP contribution in [0.25, 0.3) is 0 Å². The van der Waals surface area contributed by atoms with Crippen LogP contribution in [-0.2, 0) is 6.42 Å². The number of nitrogens with zero attached hydrogens (tertiary/aromatic N) is 2. The highest BCUT2D eigenvalue weighted by atomic mass is 15.1. The molecule has 0 aliphatic rings. The Labute approximate surface area is 120 Å². The standard InChI is InChI=1S/C16H22N4/c1-4-10-17-15-12(3)16(19-11-18-15)20-14-8-6-13(5-2)7-9-14/h6-9,11H,4-5,10H2,1-3H3,(H2,17,18,19,20). The molecule has 0 atom stereocenters. The van der Waals surface area contributed by atoms with Crippen LogP contribution in [0.4, 0.5) is 17.3 Å². The van der Waals surface area contributed by atoms with Gasteiger partial charge in [0.2, 0.25) is 0 Å². The molecule has 0 radical (unpaired) electrons. The van der Waals surface area contributed by atoms with E-state index in [-0.39, 0.29) is 0 Å². The van der Waals surface area contributed by atoms with E-state index in [2.05, 4.69) is 58.7 Å². The lowest BCUT2D eigenvalue weighted by Gasteiger charge is -2.12. The number of aryl methyl sites for hydroxylation is 1. The van der Waals surface area contributed by atoms with Crippen molar-refractivity contribution in [2.24, 2.45) is 0 Å². The molecular weight excluding hydrogens is 248 g/mol. The molecule has 1 aromatic carbocycles. The van der Waals surface area contributed by atoms with Crippen molar-refractivity contribution < 1.29 is 0 Å². The van der Waals surface area contributed by atoms with E-state index < -0.39 is 0 Å². The molecule has 0 saturated carbocycles. The number of hydrogen-bond acceptors (Lipinski definition) is 4. The van der Waals surface area contributed by atoms with Gasteiger partial charge < -0.3 is 10.6 Å². The minimum absolute atomic E-state index is 0.850. The average molecular weight is 270 g/mol. The molecule has 0 saturated heterocycles. The Morgan fingerprint density at radius 3 is 2.35 bits per heavy atom. The van der Waals surface area contributed by atoms with Gasteiger partial charge in [0, 0.05) is 17.8 Å². The van der Waals surface area contributed by atoms with Crippen LogP contribution in [0.5, 0.6) is 0 Å². The number of hydrogen-bond donors (Lipinski definition) is 2.